The Labute approximate surface area is 145 Å². The molecule has 0 atom stereocenters. The van der Waals surface area contributed by atoms with Crippen molar-refractivity contribution in [3.8, 4) is 0 Å². The van der Waals surface area contributed by atoms with E-state index in [1.165, 1.54) is 0 Å². The lowest BCUT2D eigenvalue weighted by Crippen LogP contribution is -2.14. The van der Waals surface area contributed by atoms with Gasteiger partial charge in [0.25, 0.3) is 17.3 Å². The summed E-state index contributed by atoms with van der Waals surface area (Å²) in [6.45, 7) is 0. The fraction of sp³-hybridized carbons (Fsp3) is 0.0714. The summed E-state index contributed by atoms with van der Waals surface area (Å²) in [4.78, 5) is 31.7. The lowest BCUT2D eigenvalue weighted by atomic mass is 10.1. The van der Waals surface area contributed by atoms with Crippen LogP contribution in [0.5, 0.6) is 0 Å². The molecule has 0 fully saturated rings. The van der Waals surface area contributed by atoms with Gasteiger partial charge in [0, 0.05) is 36.1 Å². The molecule has 0 bridgehead atoms. The van der Waals surface area contributed by atoms with Gasteiger partial charge < -0.3 is 5.32 Å². The average molecular weight is 383 g/mol. The van der Waals surface area contributed by atoms with E-state index in [-0.39, 0.29) is 0 Å². The molecule has 0 saturated heterocycles. The maximum Gasteiger partial charge on any atom is 0.271 e. The monoisotopic (exact) mass is 383 g/mol. The Morgan fingerprint density at radius 2 is 1.65 bits per heavy atom. The molecular formula is C14H10FN3O7S. The Balaban J connectivity index is 2.47. The lowest BCUT2D eigenvalue weighted by molar-refractivity contribution is -0.385. The molecule has 0 radical (unpaired) electrons. The predicted octanol–water partition coefficient (Wildman–Crippen LogP) is 2.30. The van der Waals surface area contributed by atoms with Crippen molar-refractivity contribution in [2.24, 2.45) is 0 Å². The summed E-state index contributed by atoms with van der Waals surface area (Å²) in [7, 11) is -3.86. The molecule has 1 N–H and O–H groups in total. The first-order chi connectivity index (χ1) is 12.0. The zero-order valence-electron chi connectivity index (χ0n) is 13.0. The van der Waals surface area contributed by atoms with Crippen molar-refractivity contribution in [3.63, 3.8) is 0 Å². The zero-order chi connectivity index (χ0) is 19.6. The number of carbonyl (C=O) groups is 1. The molecule has 2 aromatic carbocycles. The van der Waals surface area contributed by atoms with Gasteiger partial charge in [0.1, 0.15) is 5.82 Å². The molecule has 0 aliphatic heterocycles. The number of nitro benzene ring substituents is 2. The Hall–Kier alpha value is -3.41. The van der Waals surface area contributed by atoms with Crippen LogP contribution in [0.1, 0.15) is 10.4 Å². The number of nitro groups is 2. The van der Waals surface area contributed by atoms with Gasteiger partial charge in [-0.15, -0.1) is 0 Å². The normalized spacial score (nSPS) is 11.0. The molecule has 0 saturated carbocycles. The number of non-ortho nitro benzene ring substituents is 2. The summed E-state index contributed by atoms with van der Waals surface area (Å²) in [5, 5.41) is 23.7. The number of amides is 1. The Bertz CT molecular complexity index is 1040. The molecule has 136 valence electrons. The van der Waals surface area contributed by atoms with Crippen molar-refractivity contribution in [3.05, 3.63) is 68.0 Å². The number of hydrogen-bond donors (Lipinski definition) is 1. The van der Waals surface area contributed by atoms with Crippen molar-refractivity contribution in [2.45, 2.75) is 4.90 Å². The molecule has 0 aliphatic carbocycles. The molecule has 2 rings (SSSR count). The minimum Gasteiger partial charge on any atom is -0.319 e. The van der Waals surface area contributed by atoms with E-state index in [9.17, 15) is 37.8 Å². The second kappa shape index (κ2) is 6.84. The predicted molar refractivity (Wildman–Crippen MR) is 87.2 cm³/mol. The summed E-state index contributed by atoms with van der Waals surface area (Å²) in [5.74, 6) is -2.05. The Kier molecular flexibility index (Phi) is 4.98. The molecule has 26 heavy (non-hydrogen) atoms. The molecule has 0 spiro atoms. The highest BCUT2D eigenvalue weighted by molar-refractivity contribution is 7.90. The number of rotatable bonds is 5. The summed E-state index contributed by atoms with van der Waals surface area (Å²) in [5.41, 5.74) is -2.10. The van der Waals surface area contributed by atoms with Crippen molar-refractivity contribution in [2.75, 3.05) is 11.6 Å². The van der Waals surface area contributed by atoms with E-state index in [0.29, 0.717) is 0 Å². The van der Waals surface area contributed by atoms with Crippen LogP contribution in [0, 0.1) is 26.0 Å². The number of nitrogens with one attached hydrogen (secondary N) is 1. The van der Waals surface area contributed by atoms with Gasteiger partial charge in [-0.05, 0) is 12.1 Å². The number of sulfone groups is 1. The third-order valence-electron chi connectivity index (χ3n) is 3.20. The van der Waals surface area contributed by atoms with Gasteiger partial charge in [-0.1, -0.05) is 0 Å². The van der Waals surface area contributed by atoms with Crippen LogP contribution in [0.4, 0.5) is 21.5 Å². The van der Waals surface area contributed by atoms with Crippen molar-refractivity contribution < 1.29 is 27.4 Å². The standard InChI is InChI=1S/C14H10FN3O7S/c1-26(24,25)11-5-8(4-10(6-11)18(22)23)14(19)16-13-7-9(17(20)21)2-3-12(13)15/h2-7H,1H3,(H,16,19). The minimum atomic E-state index is -3.86. The van der Waals surface area contributed by atoms with E-state index in [0.717, 1.165) is 42.7 Å². The van der Waals surface area contributed by atoms with Gasteiger partial charge in [0.05, 0.1) is 20.4 Å². The van der Waals surface area contributed by atoms with Gasteiger partial charge in [0.15, 0.2) is 9.84 Å². The fourth-order valence-electron chi connectivity index (χ4n) is 1.95. The van der Waals surface area contributed by atoms with Crippen LogP contribution in [-0.4, -0.2) is 30.4 Å². The number of anilines is 1. The van der Waals surface area contributed by atoms with E-state index in [4.69, 9.17) is 0 Å². The van der Waals surface area contributed by atoms with Crippen LogP contribution in [0.3, 0.4) is 0 Å². The number of benzene rings is 2. The molecule has 0 heterocycles. The van der Waals surface area contributed by atoms with Crippen LogP contribution in [0.15, 0.2) is 41.3 Å². The summed E-state index contributed by atoms with van der Waals surface area (Å²) in [6, 6.07) is 4.89. The number of halogens is 1. The first-order valence-corrected chi connectivity index (χ1v) is 8.63. The van der Waals surface area contributed by atoms with Gasteiger partial charge in [-0.2, -0.15) is 0 Å². The van der Waals surface area contributed by atoms with Crippen LogP contribution in [0.25, 0.3) is 0 Å². The highest BCUT2D eigenvalue weighted by atomic mass is 32.2. The molecule has 0 aliphatic rings. The number of nitrogens with zero attached hydrogens (tertiary/aromatic N) is 2. The summed E-state index contributed by atoms with van der Waals surface area (Å²) in [6.07, 6.45) is 0.800. The maximum absolute atomic E-state index is 13.7. The number of hydrogen-bond acceptors (Lipinski definition) is 7. The second-order valence-corrected chi connectivity index (χ2v) is 7.14. The third-order valence-corrected chi connectivity index (χ3v) is 4.29. The smallest absolute Gasteiger partial charge is 0.271 e. The largest absolute Gasteiger partial charge is 0.319 e. The van der Waals surface area contributed by atoms with Gasteiger partial charge in [-0.3, -0.25) is 25.0 Å². The topological polar surface area (TPSA) is 150 Å². The van der Waals surface area contributed by atoms with E-state index >= 15 is 0 Å². The molecule has 2 aromatic rings. The average Bonchev–Trinajstić information content (AvgIpc) is 2.55. The Morgan fingerprint density at radius 3 is 2.19 bits per heavy atom. The molecule has 12 heteroatoms. The van der Waals surface area contributed by atoms with Crippen molar-refractivity contribution in [1.82, 2.24) is 0 Å². The summed E-state index contributed by atoms with van der Waals surface area (Å²) < 4.78 is 37.0. The minimum absolute atomic E-state index is 0.425. The van der Waals surface area contributed by atoms with Crippen LogP contribution in [-0.2, 0) is 9.84 Å². The van der Waals surface area contributed by atoms with E-state index in [2.05, 4.69) is 0 Å². The first-order valence-electron chi connectivity index (χ1n) is 6.74. The van der Waals surface area contributed by atoms with Crippen molar-refractivity contribution in [1.29, 1.82) is 0 Å². The fourth-order valence-corrected chi connectivity index (χ4v) is 2.63. The van der Waals surface area contributed by atoms with Crippen LogP contribution < -0.4 is 5.32 Å². The van der Waals surface area contributed by atoms with E-state index in [1.54, 1.807) is 0 Å². The highest BCUT2D eigenvalue weighted by Gasteiger charge is 2.20. The number of carbonyl (C=O) groups excluding carboxylic acids is 1. The lowest BCUT2D eigenvalue weighted by Gasteiger charge is -2.08. The van der Waals surface area contributed by atoms with Crippen LogP contribution in [0.2, 0.25) is 0 Å². The molecule has 0 aromatic heterocycles. The second-order valence-electron chi connectivity index (χ2n) is 5.12. The Morgan fingerprint density at radius 1 is 1.04 bits per heavy atom. The zero-order valence-corrected chi connectivity index (χ0v) is 13.8. The summed E-state index contributed by atoms with van der Waals surface area (Å²) >= 11 is 0. The highest BCUT2D eigenvalue weighted by Crippen LogP contribution is 2.24. The maximum atomic E-state index is 13.7. The van der Waals surface area contributed by atoms with Gasteiger partial charge in [-0.25, -0.2) is 12.8 Å². The molecule has 1 amide bonds. The molecule has 0 unspecified atom stereocenters. The van der Waals surface area contributed by atoms with Gasteiger partial charge in [0.2, 0.25) is 0 Å². The van der Waals surface area contributed by atoms with E-state index in [1.807, 2.05) is 5.32 Å². The SMILES string of the molecule is CS(=O)(=O)c1cc(C(=O)Nc2cc([N+](=O)[O-])ccc2F)cc([N+](=O)[O-])c1. The van der Waals surface area contributed by atoms with Crippen LogP contribution >= 0.6 is 0 Å². The quantitative estimate of drug-likeness (QED) is 0.614. The first kappa shape index (κ1) is 18.9. The van der Waals surface area contributed by atoms with Gasteiger partial charge >= 0.3 is 0 Å². The molecule has 10 nitrogen and oxygen atoms in total. The van der Waals surface area contributed by atoms with E-state index < -0.39 is 58.9 Å². The van der Waals surface area contributed by atoms with Crippen molar-refractivity contribution >= 4 is 32.8 Å². The third kappa shape index (κ3) is 4.16. The molecular weight excluding hydrogens is 373 g/mol.